The molecule has 3 aromatic rings. The molecule has 0 aliphatic heterocycles. The lowest BCUT2D eigenvalue weighted by atomic mass is 9.95. The second kappa shape index (κ2) is 6.22. The van der Waals surface area contributed by atoms with Crippen molar-refractivity contribution in [3.8, 4) is 10.6 Å². The van der Waals surface area contributed by atoms with Gasteiger partial charge in [0.15, 0.2) is 0 Å². The number of carboxylic acid groups (broad SMARTS) is 1. The van der Waals surface area contributed by atoms with Gasteiger partial charge >= 0.3 is 5.97 Å². The smallest absolute Gasteiger partial charge is 0.347 e. The molecule has 3 rings (SSSR count). The molecular weight excluding hydrogens is 344 g/mol. The molecule has 0 aliphatic carbocycles. The molecule has 1 aromatic carbocycles. The maximum atomic E-state index is 11.3. The Kier molecular flexibility index (Phi) is 4.40. The first-order chi connectivity index (χ1) is 11.3. The molecule has 0 unspecified atom stereocenters. The van der Waals surface area contributed by atoms with Crippen molar-refractivity contribution in [2.75, 3.05) is 0 Å². The predicted octanol–water partition coefficient (Wildman–Crippen LogP) is 5.46. The first kappa shape index (κ1) is 17.0. The zero-order chi connectivity index (χ0) is 17.6. The SMILES string of the molecule is Cc1nc(-c2ccc3[nH]c(C)c(Cl)c3c2CC(C)C)sc1C(=O)O. The van der Waals surface area contributed by atoms with Gasteiger partial charge in [-0.2, -0.15) is 0 Å². The van der Waals surface area contributed by atoms with Crippen molar-refractivity contribution in [2.45, 2.75) is 34.1 Å². The Balaban J connectivity index is 2.29. The van der Waals surface area contributed by atoms with Crippen molar-refractivity contribution >= 4 is 39.8 Å². The summed E-state index contributed by atoms with van der Waals surface area (Å²) >= 11 is 7.75. The third-order valence-electron chi connectivity index (χ3n) is 4.02. The van der Waals surface area contributed by atoms with Gasteiger partial charge in [0, 0.05) is 22.2 Å². The average Bonchev–Trinajstić information content (AvgIpc) is 3.00. The zero-order valence-corrected chi connectivity index (χ0v) is 15.6. The number of rotatable bonds is 4. The van der Waals surface area contributed by atoms with Crippen LogP contribution >= 0.6 is 22.9 Å². The molecule has 0 saturated carbocycles. The number of fused-ring (bicyclic) bond motifs is 1. The van der Waals surface area contributed by atoms with Crippen LogP contribution in [0.4, 0.5) is 0 Å². The molecule has 126 valence electrons. The van der Waals surface area contributed by atoms with Gasteiger partial charge in [0.05, 0.1) is 10.7 Å². The summed E-state index contributed by atoms with van der Waals surface area (Å²) in [7, 11) is 0. The van der Waals surface area contributed by atoms with Crippen LogP contribution in [0.3, 0.4) is 0 Å². The Morgan fingerprint density at radius 3 is 2.67 bits per heavy atom. The zero-order valence-electron chi connectivity index (χ0n) is 14.0. The highest BCUT2D eigenvalue weighted by molar-refractivity contribution is 7.17. The summed E-state index contributed by atoms with van der Waals surface area (Å²) in [5.74, 6) is -0.487. The molecule has 2 aromatic heterocycles. The van der Waals surface area contributed by atoms with E-state index < -0.39 is 5.97 Å². The molecule has 0 aliphatic rings. The largest absolute Gasteiger partial charge is 0.477 e. The lowest BCUT2D eigenvalue weighted by Gasteiger charge is -2.12. The Morgan fingerprint density at radius 1 is 1.38 bits per heavy atom. The number of aromatic nitrogens is 2. The number of halogens is 1. The van der Waals surface area contributed by atoms with Gasteiger partial charge in [-0.3, -0.25) is 0 Å². The fraction of sp³-hybridized carbons (Fsp3) is 0.333. The van der Waals surface area contributed by atoms with Crippen LogP contribution < -0.4 is 0 Å². The molecule has 2 N–H and O–H groups in total. The van der Waals surface area contributed by atoms with E-state index >= 15 is 0 Å². The monoisotopic (exact) mass is 362 g/mol. The number of aromatic carboxylic acids is 1. The summed E-state index contributed by atoms with van der Waals surface area (Å²) in [6.07, 6.45) is 0.852. The van der Waals surface area contributed by atoms with Crippen LogP contribution in [0.2, 0.25) is 5.02 Å². The van der Waals surface area contributed by atoms with E-state index in [4.69, 9.17) is 11.6 Å². The van der Waals surface area contributed by atoms with E-state index in [2.05, 4.69) is 23.8 Å². The molecule has 0 bridgehead atoms. The van der Waals surface area contributed by atoms with E-state index in [-0.39, 0.29) is 4.88 Å². The standard InChI is InChI=1S/C18H19ClN2O2S/c1-8(2)7-12-11(17-21-10(4)16(24-17)18(22)23)5-6-13-14(12)15(19)9(3)20-13/h5-6,8,20H,7H2,1-4H3,(H,22,23). The second-order valence-electron chi connectivity index (χ2n) is 6.41. The molecular formula is C18H19ClN2O2S. The number of nitrogens with one attached hydrogen (secondary N) is 1. The van der Waals surface area contributed by atoms with Crippen LogP contribution in [0, 0.1) is 19.8 Å². The van der Waals surface area contributed by atoms with E-state index in [1.54, 1.807) is 6.92 Å². The highest BCUT2D eigenvalue weighted by Gasteiger charge is 2.21. The van der Waals surface area contributed by atoms with E-state index in [9.17, 15) is 9.90 Å². The van der Waals surface area contributed by atoms with Gasteiger partial charge in [-0.15, -0.1) is 11.3 Å². The summed E-state index contributed by atoms with van der Waals surface area (Å²) in [5.41, 5.74) is 4.59. The molecule has 0 saturated heterocycles. The van der Waals surface area contributed by atoms with Gasteiger partial charge < -0.3 is 10.1 Å². The molecule has 0 amide bonds. The Morgan fingerprint density at radius 2 is 2.08 bits per heavy atom. The van der Waals surface area contributed by atoms with Crippen LogP contribution in [0.25, 0.3) is 21.5 Å². The van der Waals surface area contributed by atoms with E-state index in [0.29, 0.717) is 11.6 Å². The number of carbonyl (C=O) groups is 1. The Bertz CT molecular complexity index is 940. The molecule has 6 heteroatoms. The maximum absolute atomic E-state index is 11.3. The van der Waals surface area contributed by atoms with Crippen molar-refractivity contribution in [3.63, 3.8) is 0 Å². The van der Waals surface area contributed by atoms with Gasteiger partial charge in [-0.25, -0.2) is 9.78 Å². The number of aromatic amines is 1. The highest BCUT2D eigenvalue weighted by Crippen LogP contribution is 2.39. The molecule has 2 heterocycles. The molecule has 0 atom stereocenters. The van der Waals surface area contributed by atoms with Crippen LogP contribution in [-0.2, 0) is 6.42 Å². The number of benzene rings is 1. The highest BCUT2D eigenvalue weighted by atomic mass is 35.5. The molecule has 0 radical (unpaired) electrons. The Labute approximate surface area is 149 Å². The third kappa shape index (κ3) is 2.82. The summed E-state index contributed by atoms with van der Waals surface area (Å²) in [4.78, 5) is 19.4. The number of thiazole rings is 1. The second-order valence-corrected chi connectivity index (χ2v) is 7.79. The number of H-pyrrole nitrogens is 1. The molecule has 24 heavy (non-hydrogen) atoms. The number of aryl methyl sites for hydroxylation is 2. The first-order valence-electron chi connectivity index (χ1n) is 7.80. The van der Waals surface area contributed by atoms with Crippen molar-refractivity contribution in [2.24, 2.45) is 5.92 Å². The van der Waals surface area contributed by atoms with Gasteiger partial charge in [0.2, 0.25) is 0 Å². The fourth-order valence-corrected chi connectivity index (χ4v) is 4.20. The van der Waals surface area contributed by atoms with Crippen molar-refractivity contribution in [3.05, 3.63) is 39.0 Å². The lowest BCUT2D eigenvalue weighted by molar-refractivity contribution is 0.0701. The number of carboxylic acids is 1. The predicted molar refractivity (Wildman–Crippen MR) is 99.4 cm³/mol. The van der Waals surface area contributed by atoms with Crippen molar-refractivity contribution in [1.29, 1.82) is 0 Å². The normalized spacial score (nSPS) is 11.6. The number of hydrogen-bond donors (Lipinski definition) is 2. The van der Waals surface area contributed by atoms with Gasteiger partial charge in [0.25, 0.3) is 0 Å². The quantitative estimate of drug-likeness (QED) is 0.647. The van der Waals surface area contributed by atoms with Crippen molar-refractivity contribution in [1.82, 2.24) is 9.97 Å². The van der Waals surface area contributed by atoms with Gasteiger partial charge in [-0.1, -0.05) is 25.4 Å². The molecule has 0 spiro atoms. The summed E-state index contributed by atoms with van der Waals surface area (Å²) in [6, 6.07) is 4.00. The fourth-order valence-electron chi connectivity index (χ4n) is 2.98. The lowest BCUT2D eigenvalue weighted by Crippen LogP contribution is -1.98. The third-order valence-corrected chi connectivity index (χ3v) is 5.67. The average molecular weight is 363 g/mol. The van der Waals surface area contributed by atoms with Crippen molar-refractivity contribution < 1.29 is 9.90 Å². The molecule has 4 nitrogen and oxygen atoms in total. The van der Waals surface area contributed by atoms with E-state index in [1.165, 1.54) is 11.3 Å². The number of hydrogen-bond acceptors (Lipinski definition) is 3. The van der Waals surface area contributed by atoms with E-state index in [0.717, 1.165) is 44.2 Å². The minimum Gasteiger partial charge on any atom is -0.477 e. The van der Waals surface area contributed by atoms with E-state index in [1.807, 2.05) is 19.1 Å². The summed E-state index contributed by atoms with van der Waals surface area (Å²) in [6.45, 7) is 8.01. The van der Waals surface area contributed by atoms with Gasteiger partial charge in [-0.05, 0) is 43.9 Å². The van der Waals surface area contributed by atoms with Gasteiger partial charge in [0.1, 0.15) is 9.88 Å². The van der Waals surface area contributed by atoms with Crippen LogP contribution in [0.1, 0.15) is 40.5 Å². The minimum absolute atomic E-state index is 0.289. The number of nitrogens with zero attached hydrogens (tertiary/aromatic N) is 1. The summed E-state index contributed by atoms with van der Waals surface area (Å²) in [5, 5.41) is 11.8. The first-order valence-corrected chi connectivity index (χ1v) is 8.99. The van der Waals surface area contributed by atoms with Crippen LogP contribution in [-0.4, -0.2) is 21.0 Å². The van der Waals surface area contributed by atoms with Crippen LogP contribution in [0.5, 0.6) is 0 Å². The topological polar surface area (TPSA) is 66.0 Å². The summed E-state index contributed by atoms with van der Waals surface area (Å²) < 4.78 is 0. The molecule has 0 fully saturated rings. The van der Waals surface area contributed by atoms with Crippen LogP contribution in [0.15, 0.2) is 12.1 Å². The minimum atomic E-state index is -0.932. The Hall–Kier alpha value is -1.85. The maximum Gasteiger partial charge on any atom is 0.347 e.